The maximum atomic E-state index is 5.55. The van der Waals surface area contributed by atoms with Gasteiger partial charge >= 0.3 is 0 Å². The van der Waals surface area contributed by atoms with Crippen molar-refractivity contribution in [2.24, 2.45) is 5.92 Å². The third kappa shape index (κ3) is 4.44. The van der Waals surface area contributed by atoms with Crippen LogP contribution in [0.4, 0.5) is 0 Å². The molecular weight excluding hydrogens is 288 g/mol. The lowest BCUT2D eigenvalue weighted by molar-refractivity contribution is 0.0568. The first-order valence-corrected chi connectivity index (χ1v) is 9.46. The van der Waals surface area contributed by atoms with E-state index in [4.69, 9.17) is 4.74 Å². The van der Waals surface area contributed by atoms with Crippen molar-refractivity contribution < 1.29 is 4.74 Å². The van der Waals surface area contributed by atoms with Crippen molar-refractivity contribution in [2.75, 3.05) is 13.2 Å². The maximum absolute atomic E-state index is 5.55. The zero-order valence-electron chi connectivity index (χ0n) is 13.2. The minimum absolute atomic E-state index is 0.750. The van der Waals surface area contributed by atoms with E-state index in [9.17, 15) is 0 Å². The second-order valence-corrected chi connectivity index (χ2v) is 7.28. The number of benzene rings is 1. The topological polar surface area (TPSA) is 9.23 Å². The molecule has 0 spiro atoms. The second kappa shape index (κ2) is 8.50. The van der Waals surface area contributed by atoms with Crippen molar-refractivity contribution in [3.8, 4) is 0 Å². The molecule has 0 saturated carbocycles. The van der Waals surface area contributed by atoms with E-state index in [2.05, 4.69) is 47.8 Å². The molecule has 0 aliphatic carbocycles. The number of unbranched alkanes of at least 4 members (excludes halogenated alkanes) is 1. The van der Waals surface area contributed by atoms with Gasteiger partial charge in [-0.05, 0) is 60.9 Å². The lowest BCUT2D eigenvalue weighted by Crippen LogP contribution is -2.21. The highest BCUT2D eigenvalue weighted by Gasteiger charge is 2.25. The van der Waals surface area contributed by atoms with Crippen LogP contribution in [0.2, 0.25) is 0 Å². The standard InChI is InChI=1S/C20H26OS/c1-2-7-17(8-3-1)9-4-5-10-19(20-11-6-16-22-20)18-12-14-21-15-13-18/h1-3,6-8,11,16,18-19H,4-5,9-10,12-15H2/t19-/m0/s1. The molecule has 1 aromatic carbocycles. The first kappa shape index (κ1) is 15.8. The van der Waals surface area contributed by atoms with E-state index in [1.165, 1.54) is 44.1 Å². The fourth-order valence-corrected chi connectivity index (χ4v) is 4.53. The van der Waals surface area contributed by atoms with Gasteiger partial charge < -0.3 is 4.74 Å². The van der Waals surface area contributed by atoms with Crippen molar-refractivity contribution in [1.82, 2.24) is 0 Å². The molecule has 1 saturated heterocycles. The molecule has 0 radical (unpaired) electrons. The van der Waals surface area contributed by atoms with Crippen LogP contribution in [0, 0.1) is 5.92 Å². The van der Waals surface area contributed by atoms with Gasteiger partial charge in [-0.25, -0.2) is 0 Å². The molecule has 1 aromatic heterocycles. The summed E-state index contributed by atoms with van der Waals surface area (Å²) in [5.41, 5.74) is 1.47. The van der Waals surface area contributed by atoms with Gasteiger partial charge in [0.1, 0.15) is 0 Å². The number of hydrogen-bond donors (Lipinski definition) is 0. The van der Waals surface area contributed by atoms with Gasteiger partial charge in [-0.3, -0.25) is 0 Å². The number of ether oxygens (including phenoxy) is 1. The highest BCUT2D eigenvalue weighted by atomic mass is 32.1. The van der Waals surface area contributed by atoms with Crippen LogP contribution < -0.4 is 0 Å². The summed E-state index contributed by atoms with van der Waals surface area (Å²) < 4.78 is 5.55. The molecule has 0 bridgehead atoms. The second-order valence-electron chi connectivity index (χ2n) is 6.30. The average molecular weight is 314 g/mol. The van der Waals surface area contributed by atoms with E-state index < -0.39 is 0 Å². The number of aryl methyl sites for hydroxylation is 1. The molecule has 2 heterocycles. The van der Waals surface area contributed by atoms with E-state index in [-0.39, 0.29) is 0 Å². The van der Waals surface area contributed by atoms with Gasteiger partial charge in [0.25, 0.3) is 0 Å². The maximum Gasteiger partial charge on any atom is 0.0468 e. The summed E-state index contributed by atoms with van der Waals surface area (Å²) in [5.74, 6) is 1.57. The van der Waals surface area contributed by atoms with Gasteiger partial charge in [0.2, 0.25) is 0 Å². The minimum atomic E-state index is 0.750. The van der Waals surface area contributed by atoms with Crippen LogP contribution in [0.1, 0.15) is 48.5 Å². The minimum Gasteiger partial charge on any atom is -0.381 e. The number of rotatable bonds is 7. The van der Waals surface area contributed by atoms with Crippen LogP contribution in [0.25, 0.3) is 0 Å². The number of hydrogen-bond acceptors (Lipinski definition) is 2. The van der Waals surface area contributed by atoms with Gasteiger partial charge in [0.05, 0.1) is 0 Å². The molecule has 0 amide bonds. The molecule has 1 atom stereocenters. The summed E-state index contributed by atoms with van der Waals surface area (Å²) in [5, 5.41) is 2.23. The molecule has 1 fully saturated rings. The van der Waals surface area contributed by atoms with Gasteiger partial charge in [-0.2, -0.15) is 0 Å². The first-order chi connectivity index (χ1) is 10.9. The van der Waals surface area contributed by atoms with Crippen LogP contribution in [-0.4, -0.2) is 13.2 Å². The Hall–Kier alpha value is -1.12. The molecule has 2 aromatic rings. The molecule has 0 N–H and O–H groups in total. The molecule has 1 nitrogen and oxygen atoms in total. The Labute approximate surface area is 138 Å². The Bertz CT molecular complexity index is 514. The zero-order chi connectivity index (χ0) is 15.0. The van der Waals surface area contributed by atoms with Crippen molar-refractivity contribution in [3.05, 3.63) is 58.3 Å². The van der Waals surface area contributed by atoms with Gasteiger partial charge in [0, 0.05) is 18.1 Å². The Morgan fingerprint density at radius 1 is 1.00 bits per heavy atom. The van der Waals surface area contributed by atoms with Crippen molar-refractivity contribution in [1.29, 1.82) is 0 Å². The highest BCUT2D eigenvalue weighted by molar-refractivity contribution is 7.10. The van der Waals surface area contributed by atoms with Gasteiger partial charge in [0.15, 0.2) is 0 Å². The van der Waals surface area contributed by atoms with Crippen LogP contribution in [-0.2, 0) is 11.2 Å². The van der Waals surface area contributed by atoms with Crippen LogP contribution in [0.15, 0.2) is 47.8 Å². The SMILES string of the molecule is c1ccc(CCCC[C@H](c2cccs2)C2CCOCC2)cc1. The summed E-state index contributed by atoms with van der Waals surface area (Å²) in [6.45, 7) is 1.91. The van der Waals surface area contributed by atoms with E-state index in [0.717, 1.165) is 25.0 Å². The highest BCUT2D eigenvalue weighted by Crippen LogP contribution is 2.38. The van der Waals surface area contributed by atoms with E-state index >= 15 is 0 Å². The largest absolute Gasteiger partial charge is 0.381 e. The number of thiophene rings is 1. The lowest BCUT2D eigenvalue weighted by Gasteiger charge is -2.30. The van der Waals surface area contributed by atoms with E-state index in [1.54, 1.807) is 4.88 Å². The van der Waals surface area contributed by atoms with Gasteiger partial charge in [-0.1, -0.05) is 42.8 Å². The molecule has 22 heavy (non-hydrogen) atoms. The molecule has 2 heteroatoms. The summed E-state index contributed by atoms with van der Waals surface area (Å²) >= 11 is 1.94. The van der Waals surface area contributed by atoms with E-state index in [0.29, 0.717) is 0 Å². The molecule has 0 unspecified atom stereocenters. The van der Waals surface area contributed by atoms with Crippen molar-refractivity contribution in [3.63, 3.8) is 0 Å². The average Bonchev–Trinajstić information content (AvgIpc) is 3.11. The predicted octanol–water partition coefficient (Wildman–Crippen LogP) is 5.67. The summed E-state index contributed by atoms with van der Waals surface area (Å²) in [6.07, 6.45) is 7.65. The molecule has 1 aliphatic rings. The van der Waals surface area contributed by atoms with Crippen LogP contribution in [0.5, 0.6) is 0 Å². The van der Waals surface area contributed by atoms with Crippen molar-refractivity contribution in [2.45, 2.75) is 44.4 Å². The molecule has 118 valence electrons. The Morgan fingerprint density at radius 2 is 1.82 bits per heavy atom. The van der Waals surface area contributed by atoms with Crippen LogP contribution >= 0.6 is 11.3 Å². The smallest absolute Gasteiger partial charge is 0.0468 e. The third-order valence-corrected chi connectivity index (χ3v) is 5.82. The summed E-state index contributed by atoms with van der Waals surface area (Å²) in [6, 6.07) is 15.4. The fourth-order valence-electron chi connectivity index (χ4n) is 3.57. The van der Waals surface area contributed by atoms with Gasteiger partial charge in [-0.15, -0.1) is 11.3 Å². The summed E-state index contributed by atoms with van der Waals surface area (Å²) in [4.78, 5) is 1.59. The first-order valence-electron chi connectivity index (χ1n) is 8.58. The summed E-state index contributed by atoms with van der Waals surface area (Å²) in [7, 11) is 0. The third-order valence-electron chi connectivity index (χ3n) is 4.82. The zero-order valence-corrected chi connectivity index (χ0v) is 14.1. The molecule has 3 rings (SSSR count). The van der Waals surface area contributed by atoms with Crippen LogP contribution in [0.3, 0.4) is 0 Å². The Balaban J connectivity index is 1.52. The molecule has 1 aliphatic heterocycles. The Kier molecular flexibility index (Phi) is 6.09. The van der Waals surface area contributed by atoms with E-state index in [1.807, 2.05) is 11.3 Å². The quantitative estimate of drug-likeness (QED) is 0.598. The lowest BCUT2D eigenvalue weighted by atomic mass is 9.81. The normalized spacial score (nSPS) is 17.5. The van der Waals surface area contributed by atoms with Crippen molar-refractivity contribution >= 4 is 11.3 Å². The molecular formula is C20H26OS. The fraction of sp³-hybridized carbons (Fsp3) is 0.500. The Morgan fingerprint density at radius 3 is 2.55 bits per heavy atom. The monoisotopic (exact) mass is 314 g/mol. The predicted molar refractivity (Wildman–Crippen MR) is 94.6 cm³/mol.